The molecule has 0 aliphatic heterocycles. The van der Waals surface area contributed by atoms with E-state index in [2.05, 4.69) is 43.0 Å². The molecule has 0 fully saturated rings. The number of anilines is 1. The smallest absolute Gasteiger partial charge is 0.133 e. The molecule has 1 aromatic rings. The fourth-order valence-electron chi connectivity index (χ4n) is 1.56. The summed E-state index contributed by atoms with van der Waals surface area (Å²) >= 11 is 1.84. The highest BCUT2D eigenvalue weighted by Gasteiger charge is 2.11. The van der Waals surface area contributed by atoms with Crippen molar-refractivity contribution in [3.8, 4) is 0 Å². The average Bonchev–Trinajstić information content (AvgIpc) is 2.30. The van der Waals surface area contributed by atoms with E-state index in [4.69, 9.17) is 0 Å². The number of aromatic nitrogens is 2. The lowest BCUT2D eigenvalue weighted by molar-refractivity contribution is 0.748. The zero-order chi connectivity index (χ0) is 12.7. The Labute approximate surface area is 109 Å². The van der Waals surface area contributed by atoms with Crippen LogP contribution in [0.4, 0.5) is 5.82 Å². The van der Waals surface area contributed by atoms with E-state index in [0.29, 0.717) is 5.92 Å². The maximum absolute atomic E-state index is 4.42. The van der Waals surface area contributed by atoms with Crippen molar-refractivity contribution < 1.29 is 0 Å². The summed E-state index contributed by atoms with van der Waals surface area (Å²) in [6.07, 6.45) is 3.84. The number of hydrogen-bond donors (Lipinski definition) is 1. The Morgan fingerprint density at radius 2 is 2.06 bits per heavy atom. The third-order valence-electron chi connectivity index (χ3n) is 2.30. The van der Waals surface area contributed by atoms with Gasteiger partial charge in [-0.2, -0.15) is 0 Å². The summed E-state index contributed by atoms with van der Waals surface area (Å²) in [4.78, 5) is 8.76. The molecule has 1 heterocycles. The number of thioether (sulfide) groups is 1. The molecule has 1 rings (SSSR count). The van der Waals surface area contributed by atoms with E-state index in [1.165, 1.54) is 5.56 Å². The Morgan fingerprint density at radius 3 is 2.65 bits per heavy atom. The summed E-state index contributed by atoms with van der Waals surface area (Å²) in [6, 6.07) is 0. The largest absolute Gasteiger partial charge is 0.370 e. The summed E-state index contributed by atoms with van der Waals surface area (Å²) in [5, 5.41) is 4.47. The molecular weight excluding hydrogens is 230 g/mol. The van der Waals surface area contributed by atoms with E-state index in [-0.39, 0.29) is 0 Å². The van der Waals surface area contributed by atoms with Gasteiger partial charge >= 0.3 is 0 Å². The fourth-order valence-corrected chi connectivity index (χ4v) is 2.55. The van der Waals surface area contributed by atoms with Gasteiger partial charge in [-0.25, -0.2) is 9.97 Å². The minimum atomic E-state index is 0.687. The zero-order valence-electron chi connectivity index (χ0n) is 11.3. The Balaban J connectivity index is 2.89. The molecule has 0 aliphatic rings. The first-order valence-electron chi connectivity index (χ1n) is 6.39. The second kappa shape index (κ2) is 7.54. The molecule has 0 radical (unpaired) electrons. The topological polar surface area (TPSA) is 37.8 Å². The Hall–Kier alpha value is -0.770. The Bertz CT molecular complexity index is 339. The molecular formula is C13H23N3S. The van der Waals surface area contributed by atoms with E-state index in [9.17, 15) is 0 Å². The summed E-state index contributed by atoms with van der Waals surface area (Å²) in [6.45, 7) is 9.66. The lowest BCUT2D eigenvalue weighted by Gasteiger charge is -2.13. The van der Waals surface area contributed by atoms with E-state index >= 15 is 0 Å². The van der Waals surface area contributed by atoms with Crippen LogP contribution in [0.25, 0.3) is 0 Å². The quantitative estimate of drug-likeness (QED) is 0.595. The predicted octanol–water partition coefficient (Wildman–Crippen LogP) is 3.61. The van der Waals surface area contributed by atoms with Gasteiger partial charge in [-0.1, -0.05) is 27.2 Å². The molecule has 0 saturated carbocycles. The van der Waals surface area contributed by atoms with E-state index in [1.807, 2.05) is 11.8 Å². The first kappa shape index (κ1) is 14.3. The molecule has 0 aliphatic carbocycles. The third-order valence-corrected chi connectivity index (χ3v) is 3.76. The standard InChI is InChI=1S/C13H23N3S/c1-5-7-11-12(14-6-2)15-9-16-13(11)17-8-10(3)4/h9-10H,5-8H2,1-4H3,(H,14,15,16). The molecule has 4 heteroatoms. The maximum atomic E-state index is 4.42. The van der Waals surface area contributed by atoms with E-state index in [0.717, 1.165) is 36.0 Å². The van der Waals surface area contributed by atoms with Gasteiger partial charge in [-0.3, -0.25) is 0 Å². The van der Waals surface area contributed by atoms with Crippen LogP contribution in [0.1, 0.15) is 39.7 Å². The van der Waals surface area contributed by atoms with Crippen LogP contribution < -0.4 is 5.32 Å². The van der Waals surface area contributed by atoms with Crippen LogP contribution in [0.2, 0.25) is 0 Å². The van der Waals surface area contributed by atoms with Gasteiger partial charge in [-0.15, -0.1) is 11.8 Å². The van der Waals surface area contributed by atoms with Crippen molar-refractivity contribution in [1.82, 2.24) is 9.97 Å². The van der Waals surface area contributed by atoms with Crippen LogP contribution in [-0.2, 0) is 6.42 Å². The SMILES string of the molecule is CCCc1c(NCC)ncnc1SCC(C)C. The van der Waals surface area contributed by atoms with Crippen molar-refractivity contribution in [3.05, 3.63) is 11.9 Å². The summed E-state index contributed by atoms with van der Waals surface area (Å²) in [5.74, 6) is 2.81. The predicted molar refractivity (Wildman–Crippen MR) is 75.8 cm³/mol. The summed E-state index contributed by atoms with van der Waals surface area (Å²) in [5.41, 5.74) is 1.28. The third kappa shape index (κ3) is 4.54. The Morgan fingerprint density at radius 1 is 1.29 bits per heavy atom. The monoisotopic (exact) mass is 253 g/mol. The molecule has 17 heavy (non-hydrogen) atoms. The van der Waals surface area contributed by atoms with Gasteiger partial charge < -0.3 is 5.32 Å². The summed E-state index contributed by atoms with van der Waals surface area (Å²) < 4.78 is 0. The molecule has 0 aromatic carbocycles. The van der Waals surface area contributed by atoms with Crippen molar-refractivity contribution in [2.24, 2.45) is 5.92 Å². The van der Waals surface area contributed by atoms with E-state index < -0.39 is 0 Å². The minimum Gasteiger partial charge on any atom is -0.370 e. The van der Waals surface area contributed by atoms with Gasteiger partial charge in [0.1, 0.15) is 17.2 Å². The molecule has 1 N–H and O–H groups in total. The molecule has 96 valence electrons. The first-order chi connectivity index (χ1) is 8.19. The lowest BCUT2D eigenvalue weighted by Crippen LogP contribution is -2.06. The molecule has 0 saturated heterocycles. The number of hydrogen-bond acceptors (Lipinski definition) is 4. The van der Waals surface area contributed by atoms with Crippen molar-refractivity contribution in [1.29, 1.82) is 0 Å². The van der Waals surface area contributed by atoms with Crippen LogP contribution >= 0.6 is 11.8 Å². The normalized spacial score (nSPS) is 10.9. The van der Waals surface area contributed by atoms with Gasteiger partial charge in [0.2, 0.25) is 0 Å². The second-order valence-corrected chi connectivity index (χ2v) is 5.50. The lowest BCUT2D eigenvalue weighted by atomic mass is 10.2. The van der Waals surface area contributed by atoms with Crippen LogP contribution in [0, 0.1) is 5.92 Å². The zero-order valence-corrected chi connectivity index (χ0v) is 12.1. The van der Waals surface area contributed by atoms with Gasteiger partial charge in [0.25, 0.3) is 0 Å². The molecule has 3 nitrogen and oxygen atoms in total. The van der Waals surface area contributed by atoms with Crippen LogP contribution in [0.15, 0.2) is 11.4 Å². The number of nitrogens with zero attached hydrogens (tertiary/aromatic N) is 2. The highest BCUT2D eigenvalue weighted by Crippen LogP contribution is 2.27. The van der Waals surface area contributed by atoms with Crippen LogP contribution in [0.5, 0.6) is 0 Å². The molecule has 0 atom stereocenters. The maximum Gasteiger partial charge on any atom is 0.133 e. The Kier molecular flexibility index (Phi) is 6.34. The number of nitrogens with one attached hydrogen (secondary N) is 1. The van der Waals surface area contributed by atoms with Crippen molar-refractivity contribution in [2.45, 2.75) is 45.6 Å². The van der Waals surface area contributed by atoms with Gasteiger partial charge in [0.05, 0.1) is 0 Å². The van der Waals surface area contributed by atoms with Gasteiger partial charge in [-0.05, 0) is 19.3 Å². The van der Waals surface area contributed by atoms with Crippen LogP contribution in [-0.4, -0.2) is 22.3 Å². The van der Waals surface area contributed by atoms with Crippen molar-refractivity contribution >= 4 is 17.6 Å². The van der Waals surface area contributed by atoms with Crippen LogP contribution in [0.3, 0.4) is 0 Å². The molecule has 0 spiro atoms. The van der Waals surface area contributed by atoms with Crippen molar-refractivity contribution in [2.75, 3.05) is 17.6 Å². The minimum absolute atomic E-state index is 0.687. The summed E-state index contributed by atoms with van der Waals surface area (Å²) in [7, 11) is 0. The second-order valence-electron chi connectivity index (χ2n) is 4.49. The van der Waals surface area contributed by atoms with Gasteiger partial charge in [0.15, 0.2) is 0 Å². The molecule has 0 amide bonds. The highest BCUT2D eigenvalue weighted by molar-refractivity contribution is 7.99. The average molecular weight is 253 g/mol. The fraction of sp³-hybridized carbons (Fsp3) is 0.692. The van der Waals surface area contributed by atoms with Gasteiger partial charge in [0, 0.05) is 17.9 Å². The number of rotatable bonds is 7. The molecule has 1 aromatic heterocycles. The van der Waals surface area contributed by atoms with Crippen molar-refractivity contribution in [3.63, 3.8) is 0 Å². The molecule has 0 unspecified atom stereocenters. The molecule has 0 bridgehead atoms. The first-order valence-corrected chi connectivity index (χ1v) is 7.38. The van der Waals surface area contributed by atoms with E-state index in [1.54, 1.807) is 6.33 Å². The highest BCUT2D eigenvalue weighted by atomic mass is 32.2.